The molecule has 1 rings (SSSR count). The molecule has 4 heteroatoms. The van der Waals surface area contributed by atoms with Gasteiger partial charge in [0.15, 0.2) is 0 Å². The Morgan fingerprint density at radius 2 is 1.74 bits per heavy atom. The van der Waals surface area contributed by atoms with E-state index in [9.17, 15) is 9.59 Å². The van der Waals surface area contributed by atoms with Crippen LogP contribution in [0.5, 0.6) is 0 Å². The van der Waals surface area contributed by atoms with Crippen LogP contribution < -0.4 is 5.32 Å². The van der Waals surface area contributed by atoms with E-state index in [-0.39, 0.29) is 17.9 Å². The molecule has 1 aliphatic heterocycles. The number of amides is 2. The zero-order valence-electron chi connectivity index (χ0n) is 12.8. The van der Waals surface area contributed by atoms with Gasteiger partial charge >= 0.3 is 0 Å². The second-order valence-corrected chi connectivity index (χ2v) is 5.90. The summed E-state index contributed by atoms with van der Waals surface area (Å²) in [5.74, 6) is 0.0371. The highest BCUT2D eigenvalue weighted by atomic mass is 16.2. The molecule has 0 aromatic carbocycles. The minimum absolute atomic E-state index is 0.0347. The van der Waals surface area contributed by atoms with Gasteiger partial charge in [0, 0.05) is 6.54 Å². The first-order valence-corrected chi connectivity index (χ1v) is 7.57. The summed E-state index contributed by atoms with van der Waals surface area (Å²) in [5, 5.41) is 2.82. The van der Waals surface area contributed by atoms with E-state index in [4.69, 9.17) is 0 Å². The fraction of sp³-hybridized carbons (Fsp3) is 0.867. The second kappa shape index (κ2) is 6.92. The maximum atomic E-state index is 12.3. The molecule has 0 aromatic rings. The van der Waals surface area contributed by atoms with Crippen LogP contribution in [0.2, 0.25) is 0 Å². The summed E-state index contributed by atoms with van der Waals surface area (Å²) in [6, 6.07) is -0.337. The minimum Gasteiger partial charge on any atom is -0.342 e. The van der Waals surface area contributed by atoms with E-state index >= 15 is 0 Å². The first kappa shape index (κ1) is 16.0. The Hall–Kier alpha value is -1.06. The molecule has 1 N–H and O–H groups in total. The number of hydrogen-bond acceptors (Lipinski definition) is 2. The van der Waals surface area contributed by atoms with Crippen LogP contribution in [0.1, 0.15) is 66.2 Å². The van der Waals surface area contributed by atoms with Crippen molar-refractivity contribution in [1.29, 1.82) is 0 Å². The van der Waals surface area contributed by atoms with E-state index in [0.717, 1.165) is 12.8 Å². The van der Waals surface area contributed by atoms with Crippen LogP contribution in [0, 0.1) is 0 Å². The molecule has 1 heterocycles. The largest absolute Gasteiger partial charge is 0.342 e. The van der Waals surface area contributed by atoms with Crippen molar-refractivity contribution in [2.24, 2.45) is 0 Å². The zero-order valence-corrected chi connectivity index (χ0v) is 12.8. The van der Waals surface area contributed by atoms with Crippen molar-refractivity contribution >= 4 is 11.8 Å². The molecular formula is C15H28N2O2. The topological polar surface area (TPSA) is 49.4 Å². The van der Waals surface area contributed by atoms with Crippen molar-refractivity contribution < 1.29 is 9.59 Å². The summed E-state index contributed by atoms with van der Waals surface area (Å²) in [6.07, 6.45) is 6.45. The van der Waals surface area contributed by atoms with Gasteiger partial charge in [0.05, 0.1) is 0 Å². The van der Waals surface area contributed by atoms with E-state index in [1.165, 1.54) is 19.3 Å². The Morgan fingerprint density at radius 1 is 1.11 bits per heavy atom. The zero-order chi connectivity index (χ0) is 14.5. The Bertz CT molecular complexity index is 326. The van der Waals surface area contributed by atoms with Gasteiger partial charge < -0.3 is 10.2 Å². The second-order valence-electron chi connectivity index (χ2n) is 5.90. The molecule has 0 aliphatic carbocycles. The van der Waals surface area contributed by atoms with Gasteiger partial charge in [-0.25, -0.2) is 0 Å². The van der Waals surface area contributed by atoms with Crippen molar-refractivity contribution in [3.05, 3.63) is 0 Å². The number of unbranched alkanes of at least 4 members (excludes halogenated alkanes) is 4. The molecule has 1 saturated heterocycles. The lowest BCUT2D eigenvalue weighted by Gasteiger charge is -2.44. The number of piperazine rings is 1. The van der Waals surface area contributed by atoms with Crippen LogP contribution in [-0.2, 0) is 9.59 Å². The Balaban J connectivity index is 2.60. The average molecular weight is 268 g/mol. The fourth-order valence-electron chi connectivity index (χ4n) is 2.52. The molecule has 1 atom stereocenters. The maximum Gasteiger partial charge on any atom is 0.246 e. The summed E-state index contributed by atoms with van der Waals surface area (Å²) in [7, 11) is 0. The lowest BCUT2D eigenvalue weighted by molar-refractivity contribution is -0.155. The highest BCUT2D eigenvalue weighted by Crippen LogP contribution is 2.22. The van der Waals surface area contributed by atoms with Gasteiger partial charge in [-0.05, 0) is 26.7 Å². The standard InChI is InChI=1S/C15H28N2O2/c1-5-7-8-9-10-11-17-13(18)12(6-2)16-14(19)15(17,3)4/h12H,5-11H2,1-4H3,(H,16,19). The SMILES string of the molecule is CCCCCCCN1C(=O)C(CC)NC(=O)C1(C)C. The number of hydrogen-bond donors (Lipinski definition) is 1. The molecular weight excluding hydrogens is 240 g/mol. The lowest BCUT2D eigenvalue weighted by atomic mass is 9.94. The number of rotatable bonds is 7. The summed E-state index contributed by atoms with van der Waals surface area (Å²) in [6.45, 7) is 8.48. The minimum atomic E-state index is -0.715. The predicted molar refractivity (Wildman–Crippen MR) is 76.8 cm³/mol. The monoisotopic (exact) mass is 268 g/mol. The van der Waals surface area contributed by atoms with Crippen molar-refractivity contribution in [3.8, 4) is 0 Å². The van der Waals surface area contributed by atoms with Crippen LogP contribution in [0.3, 0.4) is 0 Å². The normalized spacial score (nSPS) is 22.5. The smallest absolute Gasteiger partial charge is 0.246 e. The molecule has 1 unspecified atom stereocenters. The van der Waals surface area contributed by atoms with Crippen LogP contribution in [0.4, 0.5) is 0 Å². The maximum absolute atomic E-state index is 12.3. The highest BCUT2D eigenvalue weighted by Gasteiger charge is 2.45. The molecule has 19 heavy (non-hydrogen) atoms. The van der Waals surface area contributed by atoms with Crippen molar-refractivity contribution in [2.75, 3.05) is 6.54 Å². The highest BCUT2D eigenvalue weighted by molar-refractivity contribution is 5.99. The van der Waals surface area contributed by atoms with Crippen LogP contribution >= 0.6 is 0 Å². The Kier molecular flexibility index (Phi) is 5.83. The van der Waals surface area contributed by atoms with Gasteiger partial charge in [-0.3, -0.25) is 9.59 Å². The number of carbonyl (C=O) groups is 2. The first-order chi connectivity index (χ1) is 8.95. The van der Waals surface area contributed by atoms with Gasteiger partial charge in [0.2, 0.25) is 11.8 Å². The van der Waals surface area contributed by atoms with E-state index < -0.39 is 5.54 Å². The van der Waals surface area contributed by atoms with Gasteiger partial charge in [-0.15, -0.1) is 0 Å². The quantitative estimate of drug-likeness (QED) is 0.721. The summed E-state index contributed by atoms with van der Waals surface area (Å²) in [5.41, 5.74) is -0.715. The van der Waals surface area contributed by atoms with Crippen molar-refractivity contribution in [2.45, 2.75) is 77.8 Å². The molecule has 0 saturated carbocycles. The first-order valence-electron chi connectivity index (χ1n) is 7.57. The third-order valence-corrected chi connectivity index (χ3v) is 3.99. The Labute approximate surface area is 116 Å². The van der Waals surface area contributed by atoms with Gasteiger partial charge in [-0.1, -0.05) is 39.5 Å². The third kappa shape index (κ3) is 3.71. The van der Waals surface area contributed by atoms with Crippen LogP contribution in [-0.4, -0.2) is 34.8 Å². The van der Waals surface area contributed by atoms with E-state index in [1.807, 2.05) is 20.8 Å². The predicted octanol–water partition coefficient (Wildman–Crippen LogP) is 2.47. The molecule has 2 amide bonds. The average Bonchev–Trinajstić information content (AvgIpc) is 2.37. The van der Waals surface area contributed by atoms with Gasteiger partial charge in [0.1, 0.15) is 11.6 Å². The number of nitrogens with one attached hydrogen (secondary N) is 1. The number of nitrogens with zero attached hydrogens (tertiary/aromatic N) is 1. The number of carbonyl (C=O) groups excluding carboxylic acids is 2. The Morgan fingerprint density at radius 3 is 2.32 bits per heavy atom. The molecule has 0 bridgehead atoms. The van der Waals surface area contributed by atoms with E-state index in [1.54, 1.807) is 4.90 Å². The summed E-state index contributed by atoms with van der Waals surface area (Å²) >= 11 is 0. The molecule has 0 spiro atoms. The van der Waals surface area contributed by atoms with Crippen molar-refractivity contribution in [3.63, 3.8) is 0 Å². The molecule has 4 nitrogen and oxygen atoms in total. The van der Waals surface area contributed by atoms with Crippen molar-refractivity contribution in [1.82, 2.24) is 10.2 Å². The molecule has 1 fully saturated rings. The van der Waals surface area contributed by atoms with E-state index in [2.05, 4.69) is 12.2 Å². The van der Waals surface area contributed by atoms with Gasteiger partial charge in [0.25, 0.3) is 0 Å². The molecule has 1 aliphatic rings. The lowest BCUT2D eigenvalue weighted by Crippen LogP contribution is -2.68. The third-order valence-electron chi connectivity index (χ3n) is 3.99. The molecule has 0 radical (unpaired) electrons. The molecule has 0 aromatic heterocycles. The summed E-state index contributed by atoms with van der Waals surface area (Å²) in [4.78, 5) is 26.2. The van der Waals surface area contributed by atoms with Crippen LogP contribution in [0.25, 0.3) is 0 Å². The van der Waals surface area contributed by atoms with Gasteiger partial charge in [-0.2, -0.15) is 0 Å². The fourth-order valence-corrected chi connectivity index (χ4v) is 2.52. The van der Waals surface area contributed by atoms with E-state index in [0.29, 0.717) is 13.0 Å². The summed E-state index contributed by atoms with van der Waals surface area (Å²) < 4.78 is 0. The molecule has 110 valence electrons. The van der Waals surface area contributed by atoms with Crippen LogP contribution in [0.15, 0.2) is 0 Å².